The van der Waals surface area contributed by atoms with Gasteiger partial charge >= 0.3 is 5.97 Å². The number of carboxylic acids is 1. The van der Waals surface area contributed by atoms with Crippen LogP contribution in [0.25, 0.3) is 22.2 Å². The monoisotopic (exact) mass is 489 g/mol. The van der Waals surface area contributed by atoms with Gasteiger partial charge in [0.25, 0.3) is 0 Å². The van der Waals surface area contributed by atoms with Crippen molar-refractivity contribution in [1.29, 1.82) is 0 Å². The van der Waals surface area contributed by atoms with E-state index < -0.39 is 11.9 Å². The zero-order valence-corrected chi connectivity index (χ0v) is 21.0. The summed E-state index contributed by atoms with van der Waals surface area (Å²) in [6.07, 6.45) is 3.94. The Hall–Kier alpha value is -3.25. The summed E-state index contributed by atoms with van der Waals surface area (Å²) in [4.78, 5) is 12.3. The molecular formula is C29H31NO4S. The van der Waals surface area contributed by atoms with E-state index in [9.17, 15) is 4.79 Å². The Labute approximate surface area is 210 Å². The number of fused-ring (bicyclic) bond motifs is 1. The number of nitrogens with zero attached hydrogens (tertiary/aromatic N) is 1. The number of carbonyl (C=O) groups is 1. The summed E-state index contributed by atoms with van der Waals surface area (Å²) in [7, 11) is 0. The third-order valence-electron chi connectivity index (χ3n) is 6.09. The number of aryl methyl sites for hydroxylation is 1. The van der Waals surface area contributed by atoms with E-state index in [-0.39, 0.29) is 0 Å². The van der Waals surface area contributed by atoms with E-state index in [2.05, 4.69) is 12.1 Å². The van der Waals surface area contributed by atoms with E-state index in [0.29, 0.717) is 6.61 Å². The van der Waals surface area contributed by atoms with Crippen LogP contribution in [0.4, 0.5) is 0 Å². The van der Waals surface area contributed by atoms with Crippen LogP contribution in [0.1, 0.15) is 50.2 Å². The number of rotatable bonds is 12. The van der Waals surface area contributed by atoms with Crippen LogP contribution in [-0.4, -0.2) is 28.6 Å². The van der Waals surface area contributed by atoms with Crippen molar-refractivity contribution < 1.29 is 19.2 Å². The Morgan fingerprint density at radius 2 is 1.83 bits per heavy atom. The summed E-state index contributed by atoms with van der Waals surface area (Å²) in [5.41, 5.74) is 4.65. The summed E-state index contributed by atoms with van der Waals surface area (Å²) in [5.74, 6) is 0.495. The first-order valence-corrected chi connectivity index (χ1v) is 13.1. The molecule has 182 valence electrons. The Morgan fingerprint density at radius 3 is 2.54 bits per heavy atom. The summed E-state index contributed by atoms with van der Waals surface area (Å²) >= 11 is 1.75. The number of aliphatic carboxylic acids is 1. The van der Waals surface area contributed by atoms with Gasteiger partial charge in [-0.3, -0.25) is 4.79 Å². The van der Waals surface area contributed by atoms with Crippen LogP contribution in [0, 0.1) is 0 Å². The zero-order valence-electron chi connectivity index (χ0n) is 20.2. The molecule has 0 spiro atoms. The van der Waals surface area contributed by atoms with E-state index in [4.69, 9.17) is 14.4 Å². The normalized spacial score (nSPS) is 12.1. The summed E-state index contributed by atoms with van der Waals surface area (Å²) in [6.45, 7) is 4.50. The molecule has 0 saturated heterocycles. The third kappa shape index (κ3) is 6.06. The molecule has 0 radical (unpaired) electrons. The highest BCUT2D eigenvalue weighted by atomic mass is 32.2. The van der Waals surface area contributed by atoms with Gasteiger partial charge in [-0.1, -0.05) is 61.0 Å². The fourth-order valence-corrected chi connectivity index (χ4v) is 4.82. The van der Waals surface area contributed by atoms with Crippen LogP contribution in [0.2, 0.25) is 0 Å². The average Bonchev–Trinajstić information content (AvgIpc) is 3.32. The molecule has 0 saturated carbocycles. The summed E-state index contributed by atoms with van der Waals surface area (Å²) < 4.78 is 12.0. The van der Waals surface area contributed by atoms with Crippen LogP contribution in [0.3, 0.4) is 0 Å². The van der Waals surface area contributed by atoms with Gasteiger partial charge in [-0.15, -0.1) is 11.8 Å². The predicted molar refractivity (Wildman–Crippen MR) is 141 cm³/mol. The lowest BCUT2D eigenvalue weighted by molar-refractivity contribution is -0.138. The van der Waals surface area contributed by atoms with Gasteiger partial charge in [0, 0.05) is 21.8 Å². The number of hydrogen-bond acceptors (Lipinski definition) is 5. The molecule has 1 N–H and O–H groups in total. The van der Waals surface area contributed by atoms with Gasteiger partial charge in [-0.25, -0.2) is 0 Å². The van der Waals surface area contributed by atoms with Crippen LogP contribution < -0.4 is 4.74 Å². The molecule has 6 heteroatoms. The zero-order chi connectivity index (χ0) is 24.6. The highest BCUT2D eigenvalue weighted by molar-refractivity contribution is 7.99. The molecular weight excluding hydrogens is 458 g/mol. The first-order chi connectivity index (χ1) is 17.1. The van der Waals surface area contributed by atoms with Crippen molar-refractivity contribution >= 4 is 28.7 Å². The smallest absolute Gasteiger partial charge is 0.310 e. The Bertz CT molecular complexity index is 1250. The Morgan fingerprint density at radius 1 is 1.06 bits per heavy atom. The van der Waals surface area contributed by atoms with Crippen molar-refractivity contribution in [3.05, 3.63) is 77.9 Å². The lowest BCUT2D eigenvalue weighted by Crippen LogP contribution is -2.06. The second-order valence-corrected chi connectivity index (χ2v) is 9.77. The van der Waals surface area contributed by atoms with Crippen LogP contribution in [0.15, 0.2) is 76.1 Å². The van der Waals surface area contributed by atoms with E-state index in [1.165, 1.54) is 0 Å². The van der Waals surface area contributed by atoms with Gasteiger partial charge in [0.2, 0.25) is 0 Å². The molecule has 0 aliphatic rings. The standard InChI is InChI=1S/C29H31NO4S/c1-3-4-11-24-26(17-16-25-27(30-34-28(24)25)22-9-6-5-7-10-22)33-18-8-19-35-23-14-12-21(13-15-23)20(2)29(31)32/h5-7,9-10,12-17,20H,3-4,8,11,18-19H2,1-2H3,(H,31,32). The van der Waals surface area contributed by atoms with Gasteiger partial charge in [0.15, 0.2) is 5.58 Å². The van der Waals surface area contributed by atoms with E-state index >= 15 is 0 Å². The fourth-order valence-electron chi connectivity index (χ4n) is 4.00. The van der Waals surface area contributed by atoms with Crippen LogP contribution in [-0.2, 0) is 11.2 Å². The highest BCUT2D eigenvalue weighted by Gasteiger charge is 2.17. The van der Waals surface area contributed by atoms with Gasteiger partial charge < -0.3 is 14.4 Å². The third-order valence-corrected chi connectivity index (χ3v) is 7.19. The minimum atomic E-state index is -0.805. The van der Waals surface area contributed by atoms with E-state index in [1.807, 2.05) is 66.7 Å². The maximum absolute atomic E-state index is 11.1. The van der Waals surface area contributed by atoms with Crippen molar-refractivity contribution in [2.24, 2.45) is 0 Å². The largest absolute Gasteiger partial charge is 0.493 e. The number of carboxylic acid groups (broad SMARTS) is 1. The second kappa shape index (κ2) is 11.9. The van der Waals surface area contributed by atoms with Gasteiger partial charge in [-0.05, 0) is 56.0 Å². The number of thioether (sulfide) groups is 1. The molecule has 0 bridgehead atoms. The number of hydrogen-bond donors (Lipinski definition) is 1. The molecule has 1 atom stereocenters. The molecule has 1 unspecified atom stereocenters. The molecule has 0 fully saturated rings. The maximum Gasteiger partial charge on any atom is 0.310 e. The predicted octanol–water partition coefficient (Wildman–Crippen LogP) is 7.59. The topological polar surface area (TPSA) is 72.6 Å². The number of aromatic nitrogens is 1. The number of benzene rings is 3. The van der Waals surface area contributed by atoms with Crippen LogP contribution in [0.5, 0.6) is 5.75 Å². The quantitative estimate of drug-likeness (QED) is 0.163. The molecule has 4 aromatic rings. The summed E-state index contributed by atoms with van der Waals surface area (Å²) in [5, 5.41) is 14.5. The molecule has 5 nitrogen and oxygen atoms in total. The molecule has 1 heterocycles. The van der Waals surface area contributed by atoms with Gasteiger partial charge in [0.05, 0.1) is 17.9 Å². The number of unbranched alkanes of at least 4 members (excludes halogenated alkanes) is 1. The lowest BCUT2D eigenvalue weighted by atomic mass is 10.0. The van der Waals surface area contributed by atoms with Crippen molar-refractivity contribution in [2.75, 3.05) is 12.4 Å². The summed E-state index contributed by atoms with van der Waals surface area (Å²) in [6, 6.07) is 22.0. The van der Waals surface area contributed by atoms with Crippen molar-refractivity contribution in [2.45, 2.75) is 50.3 Å². The molecule has 1 aromatic heterocycles. The molecule has 0 aliphatic carbocycles. The van der Waals surface area contributed by atoms with Crippen molar-refractivity contribution in [1.82, 2.24) is 5.16 Å². The number of ether oxygens (including phenoxy) is 1. The average molecular weight is 490 g/mol. The van der Waals surface area contributed by atoms with Crippen LogP contribution >= 0.6 is 11.8 Å². The lowest BCUT2D eigenvalue weighted by Gasteiger charge is -2.12. The van der Waals surface area contributed by atoms with E-state index in [0.717, 1.165) is 75.4 Å². The molecule has 4 rings (SSSR count). The first-order valence-electron chi connectivity index (χ1n) is 12.1. The van der Waals surface area contributed by atoms with Crippen molar-refractivity contribution in [3.8, 4) is 17.0 Å². The molecule has 0 amide bonds. The Kier molecular flexibility index (Phi) is 8.48. The minimum absolute atomic E-state index is 0.491. The Balaban J connectivity index is 1.38. The SMILES string of the molecule is CCCCc1c(OCCCSc2ccc(C(C)C(=O)O)cc2)ccc2c(-c3ccccc3)noc12. The second-order valence-electron chi connectivity index (χ2n) is 8.60. The van der Waals surface area contributed by atoms with Gasteiger partial charge in [0.1, 0.15) is 11.4 Å². The highest BCUT2D eigenvalue weighted by Crippen LogP contribution is 2.35. The maximum atomic E-state index is 11.1. The first kappa shape index (κ1) is 24.9. The minimum Gasteiger partial charge on any atom is -0.493 e. The molecule has 0 aliphatic heterocycles. The van der Waals surface area contributed by atoms with E-state index in [1.54, 1.807) is 18.7 Å². The molecule has 35 heavy (non-hydrogen) atoms. The fraction of sp³-hybridized carbons (Fsp3) is 0.310. The van der Waals surface area contributed by atoms with Crippen molar-refractivity contribution in [3.63, 3.8) is 0 Å². The van der Waals surface area contributed by atoms with Gasteiger partial charge in [-0.2, -0.15) is 0 Å². The molecule has 3 aromatic carbocycles.